The van der Waals surface area contributed by atoms with Gasteiger partial charge in [0.15, 0.2) is 11.5 Å². The average Bonchev–Trinajstić information content (AvgIpc) is 3.24. The number of fused-ring (bicyclic) bond motifs is 1. The van der Waals surface area contributed by atoms with Gasteiger partial charge in [-0.15, -0.1) is 0 Å². The van der Waals surface area contributed by atoms with Crippen LogP contribution in [0.4, 0.5) is 17.3 Å². The monoisotopic (exact) mass is 486 g/mol. The van der Waals surface area contributed by atoms with Crippen LogP contribution in [0, 0.1) is 10.1 Å². The van der Waals surface area contributed by atoms with Crippen molar-refractivity contribution in [2.24, 2.45) is 0 Å². The fourth-order valence-corrected chi connectivity index (χ4v) is 3.30. The quantitative estimate of drug-likeness (QED) is 0.338. The van der Waals surface area contributed by atoms with Crippen molar-refractivity contribution < 1.29 is 19.2 Å². The first kappa shape index (κ1) is 20.3. The summed E-state index contributed by atoms with van der Waals surface area (Å²) in [4.78, 5) is 31.2. The third kappa shape index (κ3) is 4.48. The molecule has 0 saturated heterocycles. The zero-order valence-corrected chi connectivity index (χ0v) is 17.4. The number of benzene rings is 2. The molecule has 0 aliphatic carbocycles. The molecule has 11 nitrogen and oxygen atoms in total. The van der Waals surface area contributed by atoms with Gasteiger partial charge in [-0.3, -0.25) is 25.8 Å². The largest absolute Gasteiger partial charge is 0.454 e. The van der Waals surface area contributed by atoms with Crippen LogP contribution in [0.25, 0.3) is 0 Å². The lowest BCUT2D eigenvalue weighted by molar-refractivity contribution is -0.383. The minimum absolute atomic E-state index is 0.00434. The smallest absolute Gasteiger partial charge is 0.354 e. The van der Waals surface area contributed by atoms with Crippen molar-refractivity contribution in [3.05, 3.63) is 74.5 Å². The number of nitro groups is 1. The van der Waals surface area contributed by atoms with Crippen LogP contribution in [-0.2, 0) is 6.54 Å². The first-order valence-electron chi connectivity index (χ1n) is 8.95. The van der Waals surface area contributed by atoms with E-state index < -0.39 is 16.5 Å². The van der Waals surface area contributed by atoms with Crippen molar-refractivity contribution in [3.63, 3.8) is 0 Å². The number of aromatic nitrogens is 2. The number of nitrogens with one attached hydrogen (secondary N) is 3. The van der Waals surface area contributed by atoms with Crippen molar-refractivity contribution in [2.75, 3.05) is 17.5 Å². The van der Waals surface area contributed by atoms with E-state index in [9.17, 15) is 14.9 Å². The first-order chi connectivity index (χ1) is 15.0. The number of rotatable bonds is 7. The number of halogens is 1. The molecule has 0 saturated carbocycles. The van der Waals surface area contributed by atoms with Crippen LogP contribution in [0.2, 0.25) is 0 Å². The number of anilines is 2. The highest BCUT2D eigenvalue weighted by atomic mass is 79.9. The number of carbonyl (C=O) groups is 1. The third-order valence-electron chi connectivity index (χ3n) is 4.31. The number of ether oxygens (including phenoxy) is 2. The summed E-state index contributed by atoms with van der Waals surface area (Å²) < 4.78 is 11.2. The number of nitrogens with zero attached hydrogens (tertiary/aromatic N) is 3. The van der Waals surface area contributed by atoms with Crippen LogP contribution in [0.1, 0.15) is 15.9 Å². The Balaban J connectivity index is 1.49. The summed E-state index contributed by atoms with van der Waals surface area (Å²) in [6.45, 7) is 0.404. The van der Waals surface area contributed by atoms with Gasteiger partial charge in [0.1, 0.15) is 6.33 Å². The molecular weight excluding hydrogens is 472 g/mol. The van der Waals surface area contributed by atoms with E-state index in [2.05, 4.69) is 42.1 Å². The van der Waals surface area contributed by atoms with E-state index >= 15 is 0 Å². The average molecular weight is 487 g/mol. The number of hydrogen-bond acceptors (Lipinski definition) is 9. The molecule has 12 heteroatoms. The Morgan fingerprint density at radius 2 is 1.90 bits per heavy atom. The normalized spacial score (nSPS) is 11.6. The van der Waals surface area contributed by atoms with E-state index in [4.69, 9.17) is 9.47 Å². The molecule has 1 aliphatic rings. The number of hydrazine groups is 1. The van der Waals surface area contributed by atoms with Gasteiger partial charge in [-0.2, -0.15) is 0 Å². The molecule has 0 spiro atoms. The van der Waals surface area contributed by atoms with Gasteiger partial charge in [0.25, 0.3) is 5.91 Å². The molecule has 0 bridgehead atoms. The maximum atomic E-state index is 12.4. The van der Waals surface area contributed by atoms with Gasteiger partial charge in [-0.05, 0) is 45.8 Å². The molecule has 0 unspecified atom stereocenters. The highest BCUT2D eigenvalue weighted by Gasteiger charge is 2.24. The van der Waals surface area contributed by atoms with E-state index in [0.29, 0.717) is 21.5 Å². The van der Waals surface area contributed by atoms with E-state index in [1.165, 1.54) is 0 Å². The molecule has 0 atom stereocenters. The summed E-state index contributed by atoms with van der Waals surface area (Å²) in [5, 5.41) is 14.6. The summed E-state index contributed by atoms with van der Waals surface area (Å²) in [6.07, 6.45) is 1.15. The van der Waals surface area contributed by atoms with Gasteiger partial charge < -0.3 is 14.8 Å². The van der Waals surface area contributed by atoms with E-state index in [-0.39, 0.29) is 25.0 Å². The standard InChI is InChI=1S/C19H15BrN6O5/c20-13-4-2-1-3-12(13)19(27)25-24-18-16(26(28)29)17(22-9-23-18)21-8-11-5-6-14-15(7-11)31-10-30-14/h1-7,9H,8,10H2,(H,25,27)(H2,21,22,23,24). The summed E-state index contributed by atoms with van der Waals surface area (Å²) >= 11 is 3.28. The molecular formula is C19H15BrN6O5. The van der Waals surface area contributed by atoms with Crippen molar-refractivity contribution in [1.82, 2.24) is 15.4 Å². The Kier molecular flexibility index (Phi) is 5.80. The number of carbonyl (C=O) groups excluding carboxylic acids is 1. The van der Waals surface area contributed by atoms with Crippen LogP contribution < -0.4 is 25.6 Å². The molecule has 31 heavy (non-hydrogen) atoms. The van der Waals surface area contributed by atoms with Crippen molar-refractivity contribution in [3.8, 4) is 11.5 Å². The number of hydrogen-bond donors (Lipinski definition) is 3. The Morgan fingerprint density at radius 1 is 1.13 bits per heavy atom. The molecule has 1 aliphatic heterocycles. The molecule has 2 heterocycles. The van der Waals surface area contributed by atoms with Crippen molar-refractivity contribution in [2.45, 2.75) is 6.54 Å². The molecule has 4 rings (SSSR count). The summed E-state index contributed by atoms with van der Waals surface area (Å²) in [6, 6.07) is 12.1. The molecule has 2 aromatic carbocycles. The van der Waals surface area contributed by atoms with Gasteiger partial charge in [0, 0.05) is 11.0 Å². The molecule has 3 aromatic rings. The fraction of sp³-hybridized carbons (Fsp3) is 0.105. The Labute approximate surface area is 184 Å². The molecule has 1 aromatic heterocycles. The van der Waals surface area contributed by atoms with Crippen molar-refractivity contribution in [1.29, 1.82) is 0 Å². The highest BCUT2D eigenvalue weighted by molar-refractivity contribution is 9.10. The summed E-state index contributed by atoms with van der Waals surface area (Å²) in [7, 11) is 0. The maximum Gasteiger partial charge on any atom is 0.354 e. The second-order valence-electron chi connectivity index (χ2n) is 6.28. The summed E-state index contributed by atoms with van der Waals surface area (Å²) in [5.41, 5.74) is 5.67. The highest BCUT2D eigenvalue weighted by Crippen LogP contribution is 2.33. The second-order valence-corrected chi connectivity index (χ2v) is 7.13. The van der Waals surface area contributed by atoms with E-state index in [1.807, 2.05) is 6.07 Å². The maximum absolute atomic E-state index is 12.4. The Morgan fingerprint density at radius 3 is 2.71 bits per heavy atom. The minimum Gasteiger partial charge on any atom is -0.454 e. The van der Waals surface area contributed by atoms with Crippen LogP contribution in [0.3, 0.4) is 0 Å². The summed E-state index contributed by atoms with van der Waals surface area (Å²) in [5.74, 6) is 0.594. The van der Waals surface area contributed by atoms with Gasteiger partial charge in [-0.25, -0.2) is 9.97 Å². The zero-order valence-electron chi connectivity index (χ0n) is 15.8. The molecule has 3 N–H and O–H groups in total. The molecule has 1 amide bonds. The van der Waals surface area contributed by atoms with Crippen LogP contribution in [0.5, 0.6) is 11.5 Å². The lowest BCUT2D eigenvalue weighted by Gasteiger charge is -2.11. The van der Waals surface area contributed by atoms with Crippen LogP contribution >= 0.6 is 15.9 Å². The van der Waals surface area contributed by atoms with Gasteiger partial charge in [0.05, 0.1) is 10.5 Å². The van der Waals surface area contributed by atoms with Crippen molar-refractivity contribution >= 4 is 39.2 Å². The lowest BCUT2D eigenvalue weighted by atomic mass is 10.2. The van der Waals surface area contributed by atoms with Crippen LogP contribution in [-0.4, -0.2) is 27.6 Å². The van der Waals surface area contributed by atoms with Gasteiger partial charge in [0.2, 0.25) is 18.4 Å². The van der Waals surface area contributed by atoms with Crippen LogP contribution in [0.15, 0.2) is 53.3 Å². The number of amides is 1. The zero-order chi connectivity index (χ0) is 21.8. The first-order valence-corrected chi connectivity index (χ1v) is 9.75. The minimum atomic E-state index is -0.630. The molecule has 158 valence electrons. The van der Waals surface area contributed by atoms with Gasteiger partial charge in [-0.1, -0.05) is 18.2 Å². The van der Waals surface area contributed by atoms with E-state index in [0.717, 1.165) is 11.9 Å². The predicted octanol–water partition coefficient (Wildman–Crippen LogP) is 3.25. The van der Waals surface area contributed by atoms with E-state index in [1.54, 1.807) is 36.4 Å². The second kappa shape index (κ2) is 8.83. The molecule has 0 radical (unpaired) electrons. The Bertz CT molecular complexity index is 1160. The fourth-order valence-electron chi connectivity index (χ4n) is 2.84. The topological polar surface area (TPSA) is 141 Å². The molecule has 0 fully saturated rings. The van der Waals surface area contributed by atoms with Gasteiger partial charge >= 0.3 is 5.69 Å². The predicted molar refractivity (Wildman–Crippen MR) is 114 cm³/mol. The SMILES string of the molecule is O=C(NNc1ncnc(NCc2ccc3c(c2)OCO3)c1[N+](=O)[O-])c1ccccc1Br. The third-order valence-corrected chi connectivity index (χ3v) is 5.01. The Hall–Kier alpha value is -3.93. The lowest BCUT2D eigenvalue weighted by Crippen LogP contribution is -2.30.